The van der Waals surface area contributed by atoms with Crippen LogP contribution < -0.4 is 5.32 Å². The van der Waals surface area contributed by atoms with E-state index in [0.717, 1.165) is 25.7 Å². The molecular weight excluding hydrogens is 286 g/mol. The molecule has 1 amide bonds. The van der Waals surface area contributed by atoms with E-state index in [4.69, 9.17) is 0 Å². The summed E-state index contributed by atoms with van der Waals surface area (Å²) in [6.07, 6.45) is 4.58. The van der Waals surface area contributed by atoms with Gasteiger partial charge in [0.1, 0.15) is 0 Å². The van der Waals surface area contributed by atoms with Gasteiger partial charge >= 0.3 is 0 Å². The van der Waals surface area contributed by atoms with Crippen LogP contribution in [-0.2, 0) is 14.6 Å². The van der Waals surface area contributed by atoms with Crippen LogP contribution in [0.2, 0.25) is 0 Å². The molecular formula is C16H29NO3S. The van der Waals surface area contributed by atoms with Gasteiger partial charge in [0, 0.05) is 5.92 Å². The number of carbonyl (C=O) groups is 1. The summed E-state index contributed by atoms with van der Waals surface area (Å²) in [5.74, 6) is 1.08. The Hall–Kier alpha value is -0.580. The summed E-state index contributed by atoms with van der Waals surface area (Å²) < 4.78 is 23.2. The number of sulfone groups is 1. The molecule has 1 heterocycles. The van der Waals surface area contributed by atoms with Crippen molar-refractivity contribution < 1.29 is 13.2 Å². The predicted molar refractivity (Wildman–Crippen MR) is 84.7 cm³/mol. The van der Waals surface area contributed by atoms with Crippen molar-refractivity contribution in [2.24, 2.45) is 17.3 Å². The number of amides is 1. The van der Waals surface area contributed by atoms with Crippen LogP contribution >= 0.6 is 0 Å². The van der Waals surface area contributed by atoms with Crippen molar-refractivity contribution in [2.75, 3.05) is 11.5 Å². The standard InChI is InChI=1S/C16H29NO3S/c1-15(2,3)13-7-5-12(6-8-13)14(18)17-16(4)9-10-21(19,20)11-16/h12-13H,5-11H2,1-4H3,(H,17,18). The normalized spacial score (nSPS) is 36.4. The molecule has 2 rings (SSSR count). The summed E-state index contributed by atoms with van der Waals surface area (Å²) in [5.41, 5.74) is -0.246. The quantitative estimate of drug-likeness (QED) is 0.851. The molecule has 0 bridgehead atoms. The van der Waals surface area contributed by atoms with E-state index in [2.05, 4.69) is 26.1 Å². The number of rotatable bonds is 2. The fraction of sp³-hybridized carbons (Fsp3) is 0.938. The zero-order valence-corrected chi connectivity index (χ0v) is 14.6. The number of hydrogen-bond acceptors (Lipinski definition) is 3. The molecule has 0 aromatic heterocycles. The first-order chi connectivity index (χ1) is 9.51. The van der Waals surface area contributed by atoms with Gasteiger partial charge in [-0.05, 0) is 50.4 Å². The van der Waals surface area contributed by atoms with Gasteiger partial charge in [-0.3, -0.25) is 4.79 Å². The third-order valence-electron chi connectivity index (χ3n) is 5.25. The van der Waals surface area contributed by atoms with Gasteiger partial charge < -0.3 is 5.32 Å². The molecule has 0 aromatic carbocycles. The van der Waals surface area contributed by atoms with E-state index in [1.807, 2.05) is 6.92 Å². The monoisotopic (exact) mass is 315 g/mol. The summed E-state index contributed by atoms with van der Waals surface area (Å²) in [6, 6.07) is 0. The first-order valence-corrected chi connectivity index (χ1v) is 9.85. The van der Waals surface area contributed by atoms with Crippen LogP contribution in [-0.4, -0.2) is 31.4 Å². The van der Waals surface area contributed by atoms with E-state index in [1.54, 1.807) is 0 Å². The molecule has 1 saturated carbocycles. The highest BCUT2D eigenvalue weighted by molar-refractivity contribution is 7.91. The minimum absolute atomic E-state index is 0.0574. The maximum absolute atomic E-state index is 12.4. The maximum Gasteiger partial charge on any atom is 0.223 e. The first-order valence-electron chi connectivity index (χ1n) is 8.03. The maximum atomic E-state index is 12.4. The lowest BCUT2D eigenvalue weighted by molar-refractivity contribution is -0.128. The second-order valence-electron chi connectivity index (χ2n) is 8.31. The van der Waals surface area contributed by atoms with Crippen molar-refractivity contribution in [1.29, 1.82) is 0 Å². The van der Waals surface area contributed by atoms with Crippen molar-refractivity contribution in [3.8, 4) is 0 Å². The smallest absolute Gasteiger partial charge is 0.223 e. The zero-order valence-electron chi connectivity index (χ0n) is 13.7. The minimum Gasteiger partial charge on any atom is -0.350 e. The lowest BCUT2D eigenvalue weighted by atomic mass is 9.69. The van der Waals surface area contributed by atoms with Gasteiger partial charge in [-0.2, -0.15) is 0 Å². The second kappa shape index (κ2) is 5.56. The van der Waals surface area contributed by atoms with Gasteiger partial charge in [-0.15, -0.1) is 0 Å². The predicted octanol–water partition coefficient (Wildman–Crippen LogP) is 2.53. The Morgan fingerprint density at radius 3 is 2.14 bits per heavy atom. The summed E-state index contributed by atoms with van der Waals surface area (Å²) in [7, 11) is -2.97. The summed E-state index contributed by atoms with van der Waals surface area (Å²) in [5, 5.41) is 3.02. The van der Waals surface area contributed by atoms with Crippen LogP contribution in [0.5, 0.6) is 0 Å². The lowest BCUT2D eigenvalue weighted by Crippen LogP contribution is -2.49. The molecule has 0 aromatic rings. The summed E-state index contributed by atoms with van der Waals surface area (Å²) in [6.45, 7) is 8.66. The highest BCUT2D eigenvalue weighted by atomic mass is 32.2. The van der Waals surface area contributed by atoms with Gasteiger partial charge in [0.05, 0.1) is 17.0 Å². The highest BCUT2D eigenvalue weighted by Crippen LogP contribution is 2.40. The van der Waals surface area contributed by atoms with E-state index in [-0.39, 0.29) is 23.3 Å². The van der Waals surface area contributed by atoms with Gasteiger partial charge in [-0.1, -0.05) is 20.8 Å². The molecule has 5 heteroatoms. The van der Waals surface area contributed by atoms with E-state index in [0.29, 0.717) is 17.8 Å². The Morgan fingerprint density at radius 2 is 1.71 bits per heavy atom. The van der Waals surface area contributed by atoms with Crippen LogP contribution in [0.1, 0.15) is 59.8 Å². The van der Waals surface area contributed by atoms with Crippen LogP contribution in [0.15, 0.2) is 0 Å². The van der Waals surface area contributed by atoms with Crippen molar-refractivity contribution in [2.45, 2.75) is 65.3 Å². The zero-order chi connectivity index (χ0) is 15.9. The summed E-state index contributed by atoms with van der Waals surface area (Å²) >= 11 is 0. The van der Waals surface area contributed by atoms with Crippen LogP contribution in [0.4, 0.5) is 0 Å². The molecule has 4 nitrogen and oxygen atoms in total. The van der Waals surface area contributed by atoms with Gasteiger partial charge in [-0.25, -0.2) is 8.42 Å². The second-order valence-corrected chi connectivity index (χ2v) is 10.5. The average molecular weight is 315 g/mol. The molecule has 1 unspecified atom stereocenters. The number of hydrogen-bond donors (Lipinski definition) is 1. The molecule has 2 fully saturated rings. The van der Waals surface area contributed by atoms with Crippen LogP contribution in [0, 0.1) is 17.3 Å². The fourth-order valence-electron chi connectivity index (χ4n) is 3.73. The first kappa shape index (κ1) is 16.8. The van der Waals surface area contributed by atoms with E-state index in [9.17, 15) is 13.2 Å². The fourth-order valence-corrected chi connectivity index (χ4v) is 5.82. The molecule has 1 N–H and O–H groups in total. The molecule has 2 aliphatic rings. The SMILES string of the molecule is CC1(NC(=O)C2CCC(C(C)(C)C)CC2)CCS(=O)(=O)C1. The molecule has 21 heavy (non-hydrogen) atoms. The Bertz CT molecular complexity index is 498. The molecule has 1 aliphatic heterocycles. The van der Waals surface area contributed by atoms with Crippen molar-refractivity contribution in [1.82, 2.24) is 5.32 Å². The highest BCUT2D eigenvalue weighted by Gasteiger charge is 2.41. The Morgan fingerprint density at radius 1 is 1.14 bits per heavy atom. The Kier molecular flexibility index (Phi) is 4.45. The lowest BCUT2D eigenvalue weighted by Gasteiger charge is -2.37. The molecule has 1 saturated heterocycles. The molecule has 1 aliphatic carbocycles. The average Bonchev–Trinajstić information content (AvgIpc) is 2.62. The van der Waals surface area contributed by atoms with Gasteiger partial charge in [0.25, 0.3) is 0 Å². The molecule has 0 spiro atoms. The summed E-state index contributed by atoms with van der Waals surface area (Å²) in [4.78, 5) is 12.4. The van der Waals surface area contributed by atoms with Crippen molar-refractivity contribution in [3.05, 3.63) is 0 Å². The van der Waals surface area contributed by atoms with Gasteiger partial charge in [0.15, 0.2) is 9.84 Å². The number of carbonyl (C=O) groups excluding carboxylic acids is 1. The van der Waals surface area contributed by atoms with Crippen LogP contribution in [0.3, 0.4) is 0 Å². The molecule has 0 radical (unpaired) electrons. The Labute approximate surface area is 129 Å². The topological polar surface area (TPSA) is 63.2 Å². The van der Waals surface area contributed by atoms with Crippen LogP contribution in [0.25, 0.3) is 0 Å². The minimum atomic E-state index is -2.97. The van der Waals surface area contributed by atoms with Crippen molar-refractivity contribution >= 4 is 15.7 Å². The number of nitrogens with one attached hydrogen (secondary N) is 1. The van der Waals surface area contributed by atoms with E-state index in [1.165, 1.54) is 0 Å². The third kappa shape index (κ3) is 4.21. The van der Waals surface area contributed by atoms with E-state index >= 15 is 0 Å². The van der Waals surface area contributed by atoms with E-state index < -0.39 is 15.4 Å². The molecule has 1 atom stereocenters. The van der Waals surface area contributed by atoms with Crippen molar-refractivity contribution in [3.63, 3.8) is 0 Å². The molecule has 122 valence electrons. The third-order valence-corrected chi connectivity index (χ3v) is 7.15. The van der Waals surface area contributed by atoms with Gasteiger partial charge in [0.2, 0.25) is 5.91 Å². The Balaban J connectivity index is 1.89. The largest absolute Gasteiger partial charge is 0.350 e.